The Morgan fingerprint density at radius 3 is 2.85 bits per heavy atom. The minimum Gasteiger partial charge on any atom is -0.497 e. The molecule has 2 heteroatoms. The van der Waals surface area contributed by atoms with Crippen LogP contribution in [-0.4, -0.2) is 18.8 Å². The topological polar surface area (TPSA) is 29.5 Å². The van der Waals surface area contributed by atoms with Crippen LogP contribution in [0.2, 0.25) is 0 Å². The standard InChI is InChI=1S/C11H14O2/c1-3-9(8-12)10-5-4-6-11(7-10)13-2/h3-7,12H,8H2,1-2H3/b9-3+. The predicted molar refractivity (Wildman–Crippen MR) is 53.7 cm³/mol. The summed E-state index contributed by atoms with van der Waals surface area (Å²) < 4.78 is 5.09. The number of rotatable bonds is 3. The Hall–Kier alpha value is -1.28. The third-order valence-electron chi connectivity index (χ3n) is 1.96. The average molecular weight is 178 g/mol. The predicted octanol–water partition coefficient (Wildman–Crippen LogP) is 2.09. The molecule has 0 aliphatic heterocycles. The van der Waals surface area contributed by atoms with Gasteiger partial charge < -0.3 is 9.84 Å². The molecule has 70 valence electrons. The molecule has 0 spiro atoms. The van der Waals surface area contributed by atoms with Crippen molar-refractivity contribution in [2.45, 2.75) is 6.92 Å². The maximum Gasteiger partial charge on any atom is 0.119 e. The van der Waals surface area contributed by atoms with Crippen LogP contribution < -0.4 is 4.74 Å². The highest BCUT2D eigenvalue weighted by Gasteiger charge is 1.99. The van der Waals surface area contributed by atoms with Crippen LogP contribution in [-0.2, 0) is 0 Å². The number of benzene rings is 1. The highest BCUT2D eigenvalue weighted by Crippen LogP contribution is 2.19. The van der Waals surface area contributed by atoms with Gasteiger partial charge in [0.2, 0.25) is 0 Å². The molecule has 1 rings (SSSR count). The summed E-state index contributed by atoms with van der Waals surface area (Å²) in [6.07, 6.45) is 1.90. The second-order valence-corrected chi connectivity index (χ2v) is 2.70. The van der Waals surface area contributed by atoms with Crippen LogP contribution in [0.25, 0.3) is 5.57 Å². The molecule has 0 aliphatic carbocycles. The van der Waals surface area contributed by atoms with Crippen LogP contribution in [0, 0.1) is 0 Å². The summed E-state index contributed by atoms with van der Waals surface area (Å²) >= 11 is 0. The summed E-state index contributed by atoms with van der Waals surface area (Å²) in [5.74, 6) is 0.810. The van der Waals surface area contributed by atoms with Gasteiger partial charge in [-0.1, -0.05) is 18.2 Å². The number of allylic oxidation sites excluding steroid dienone is 1. The fraction of sp³-hybridized carbons (Fsp3) is 0.273. The van der Waals surface area contributed by atoms with Crippen molar-refractivity contribution in [3.05, 3.63) is 35.9 Å². The molecule has 0 saturated carbocycles. The van der Waals surface area contributed by atoms with E-state index in [4.69, 9.17) is 9.84 Å². The Morgan fingerprint density at radius 1 is 1.54 bits per heavy atom. The Balaban J connectivity index is 3.00. The molecule has 0 bridgehead atoms. The summed E-state index contributed by atoms with van der Waals surface area (Å²) in [5, 5.41) is 9.03. The van der Waals surface area contributed by atoms with Gasteiger partial charge in [-0.3, -0.25) is 0 Å². The molecule has 1 N–H and O–H groups in total. The van der Waals surface area contributed by atoms with Gasteiger partial charge in [-0.15, -0.1) is 0 Å². The second-order valence-electron chi connectivity index (χ2n) is 2.70. The van der Waals surface area contributed by atoms with Crippen molar-refractivity contribution in [2.24, 2.45) is 0 Å². The highest BCUT2D eigenvalue weighted by atomic mass is 16.5. The number of aliphatic hydroxyl groups is 1. The molecule has 0 saturated heterocycles. The lowest BCUT2D eigenvalue weighted by atomic mass is 10.1. The molecule has 2 nitrogen and oxygen atoms in total. The zero-order valence-corrected chi connectivity index (χ0v) is 7.95. The molecule has 1 aromatic rings. The molecule has 0 amide bonds. The first-order valence-corrected chi connectivity index (χ1v) is 4.22. The smallest absolute Gasteiger partial charge is 0.119 e. The third kappa shape index (κ3) is 2.33. The lowest BCUT2D eigenvalue weighted by molar-refractivity contribution is 0.350. The van der Waals surface area contributed by atoms with E-state index in [0.29, 0.717) is 0 Å². The quantitative estimate of drug-likeness (QED) is 0.768. The first-order chi connectivity index (χ1) is 6.31. The second kappa shape index (κ2) is 4.67. The summed E-state index contributed by atoms with van der Waals surface area (Å²) in [6, 6.07) is 7.65. The van der Waals surface area contributed by atoms with E-state index in [1.165, 1.54) is 0 Å². The Bertz CT molecular complexity index is 303. The van der Waals surface area contributed by atoms with Crippen molar-refractivity contribution >= 4 is 5.57 Å². The minimum atomic E-state index is 0.0592. The van der Waals surface area contributed by atoms with E-state index in [1.807, 2.05) is 37.3 Å². The first kappa shape index (κ1) is 9.81. The maximum absolute atomic E-state index is 9.03. The summed E-state index contributed by atoms with van der Waals surface area (Å²) in [7, 11) is 1.63. The van der Waals surface area contributed by atoms with Crippen LogP contribution in [0.1, 0.15) is 12.5 Å². The molecule has 1 aromatic carbocycles. The number of hydrogen-bond donors (Lipinski definition) is 1. The van der Waals surface area contributed by atoms with E-state index in [-0.39, 0.29) is 6.61 Å². The molecule has 0 fully saturated rings. The molecule has 0 unspecified atom stereocenters. The largest absolute Gasteiger partial charge is 0.497 e. The molecule has 0 radical (unpaired) electrons. The summed E-state index contributed by atoms with van der Waals surface area (Å²) in [5.41, 5.74) is 1.92. The molecular formula is C11H14O2. The van der Waals surface area contributed by atoms with Gasteiger partial charge in [0.15, 0.2) is 0 Å². The van der Waals surface area contributed by atoms with E-state index >= 15 is 0 Å². The van der Waals surface area contributed by atoms with E-state index in [1.54, 1.807) is 7.11 Å². The van der Waals surface area contributed by atoms with Gasteiger partial charge in [-0.05, 0) is 30.2 Å². The van der Waals surface area contributed by atoms with Gasteiger partial charge >= 0.3 is 0 Å². The van der Waals surface area contributed by atoms with E-state index < -0.39 is 0 Å². The van der Waals surface area contributed by atoms with Crippen molar-refractivity contribution in [1.29, 1.82) is 0 Å². The van der Waals surface area contributed by atoms with Gasteiger partial charge in [-0.2, -0.15) is 0 Å². The van der Waals surface area contributed by atoms with Gasteiger partial charge in [0.25, 0.3) is 0 Å². The summed E-state index contributed by atoms with van der Waals surface area (Å²) in [6.45, 7) is 1.97. The highest BCUT2D eigenvalue weighted by molar-refractivity contribution is 5.66. The lowest BCUT2D eigenvalue weighted by Gasteiger charge is -2.05. The van der Waals surface area contributed by atoms with E-state index in [0.717, 1.165) is 16.9 Å². The van der Waals surface area contributed by atoms with E-state index in [2.05, 4.69) is 0 Å². The maximum atomic E-state index is 9.03. The van der Waals surface area contributed by atoms with Crippen molar-refractivity contribution in [2.75, 3.05) is 13.7 Å². The summed E-state index contributed by atoms with van der Waals surface area (Å²) in [4.78, 5) is 0. The number of methoxy groups -OCH3 is 1. The van der Waals surface area contributed by atoms with Gasteiger partial charge in [0.05, 0.1) is 13.7 Å². The van der Waals surface area contributed by atoms with Crippen molar-refractivity contribution in [1.82, 2.24) is 0 Å². The third-order valence-corrected chi connectivity index (χ3v) is 1.96. The van der Waals surface area contributed by atoms with Crippen LogP contribution in [0.4, 0.5) is 0 Å². The van der Waals surface area contributed by atoms with Crippen molar-refractivity contribution in [3.63, 3.8) is 0 Å². The fourth-order valence-corrected chi connectivity index (χ4v) is 1.17. The zero-order chi connectivity index (χ0) is 9.68. The Kier molecular flexibility index (Phi) is 3.53. The number of hydrogen-bond acceptors (Lipinski definition) is 2. The molecule has 0 aliphatic rings. The van der Waals surface area contributed by atoms with Crippen LogP contribution >= 0.6 is 0 Å². The minimum absolute atomic E-state index is 0.0592. The zero-order valence-electron chi connectivity index (χ0n) is 7.95. The van der Waals surface area contributed by atoms with Crippen LogP contribution in [0.15, 0.2) is 30.3 Å². The molecular weight excluding hydrogens is 164 g/mol. The fourth-order valence-electron chi connectivity index (χ4n) is 1.17. The lowest BCUT2D eigenvalue weighted by Crippen LogP contribution is -1.91. The molecule has 13 heavy (non-hydrogen) atoms. The van der Waals surface area contributed by atoms with Gasteiger partial charge in [-0.25, -0.2) is 0 Å². The molecule has 0 atom stereocenters. The number of ether oxygens (including phenoxy) is 1. The number of aliphatic hydroxyl groups excluding tert-OH is 1. The Labute approximate surface area is 78.5 Å². The monoisotopic (exact) mass is 178 g/mol. The van der Waals surface area contributed by atoms with Crippen LogP contribution in [0.3, 0.4) is 0 Å². The normalized spacial score (nSPS) is 11.5. The van der Waals surface area contributed by atoms with Crippen LogP contribution in [0.5, 0.6) is 5.75 Å². The average Bonchev–Trinajstić information content (AvgIpc) is 2.20. The molecule has 0 heterocycles. The van der Waals surface area contributed by atoms with Gasteiger partial charge in [0, 0.05) is 0 Å². The van der Waals surface area contributed by atoms with Crippen molar-refractivity contribution in [3.8, 4) is 5.75 Å². The van der Waals surface area contributed by atoms with Crippen molar-refractivity contribution < 1.29 is 9.84 Å². The van der Waals surface area contributed by atoms with E-state index in [9.17, 15) is 0 Å². The van der Waals surface area contributed by atoms with Gasteiger partial charge in [0.1, 0.15) is 5.75 Å². The first-order valence-electron chi connectivity index (χ1n) is 4.22. The molecule has 0 aromatic heterocycles. The Morgan fingerprint density at radius 2 is 2.31 bits per heavy atom. The SMILES string of the molecule is C/C=C(\CO)c1cccc(OC)c1.